The van der Waals surface area contributed by atoms with E-state index >= 15 is 0 Å². The molecule has 0 aliphatic carbocycles. The molecule has 0 unspecified atom stereocenters. The van der Waals surface area contributed by atoms with Gasteiger partial charge in [0, 0.05) is 7.11 Å². The Morgan fingerprint density at radius 2 is 1.80 bits per heavy atom. The molecule has 0 atom stereocenters. The molecule has 0 saturated carbocycles. The maximum absolute atomic E-state index is 12.6. The summed E-state index contributed by atoms with van der Waals surface area (Å²) in [4.78, 5) is 0. The molecule has 0 saturated heterocycles. The number of halogens is 2. The maximum Gasteiger partial charge on any atom is 0.310 e. The number of methoxy groups -OCH3 is 1. The van der Waals surface area contributed by atoms with Crippen LogP contribution in [0.5, 0.6) is 0 Å². The molecule has 0 amide bonds. The van der Waals surface area contributed by atoms with Crippen LogP contribution in [0.2, 0.25) is 0 Å². The minimum Gasteiger partial charge on any atom is -0.464 e. The Balaban J connectivity index is 2.24. The van der Waals surface area contributed by atoms with E-state index in [1.54, 1.807) is 0 Å². The van der Waals surface area contributed by atoms with E-state index in [9.17, 15) is 8.78 Å². The molecule has 1 rings (SSSR count). The summed E-state index contributed by atoms with van der Waals surface area (Å²) in [6, 6.07) is 9.28. The van der Waals surface area contributed by atoms with Gasteiger partial charge in [-0.3, -0.25) is 0 Å². The Kier molecular flexibility index (Phi) is 8.53. The van der Waals surface area contributed by atoms with Crippen LogP contribution >= 0.6 is 0 Å². The van der Waals surface area contributed by atoms with Gasteiger partial charge in [0.25, 0.3) is 0 Å². The number of hydrogen-bond acceptors (Lipinski definition) is 4. The van der Waals surface area contributed by atoms with Gasteiger partial charge in [-0.15, -0.1) is 0 Å². The van der Waals surface area contributed by atoms with Gasteiger partial charge in [-0.1, -0.05) is 30.3 Å². The first kappa shape index (κ1) is 16.6. The van der Waals surface area contributed by atoms with E-state index in [0.717, 1.165) is 5.56 Å². The fourth-order valence-corrected chi connectivity index (χ4v) is 1.30. The van der Waals surface area contributed by atoms with E-state index in [4.69, 9.17) is 18.9 Å². The second-order valence-electron chi connectivity index (χ2n) is 3.83. The zero-order chi connectivity index (χ0) is 14.6. The lowest BCUT2D eigenvalue weighted by molar-refractivity contribution is -0.0550. The highest BCUT2D eigenvalue weighted by Gasteiger charge is 2.08. The van der Waals surface area contributed by atoms with E-state index in [1.165, 1.54) is 7.11 Å². The molecule has 112 valence electrons. The number of benzene rings is 1. The highest BCUT2D eigenvalue weighted by molar-refractivity contribution is 5.13. The molecule has 0 spiro atoms. The van der Waals surface area contributed by atoms with Gasteiger partial charge in [-0.2, -0.15) is 8.78 Å². The van der Waals surface area contributed by atoms with Crippen LogP contribution in [0.25, 0.3) is 0 Å². The van der Waals surface area contributed by atoms with Crippen molar-refractivity contribution in [3.8, 4) is 0 Å². The molecule has 0 heterocycles. The van der Waals surface area contributed by atoms with Crippen LogP contribution in [0, 0.1) is 0 Å². The first-order valence-electron chi connectivity index (χ1n) is 6.09. The van der Waals surface area contributed by atoms with Crippen LogP contribution in [-0.4, -0.2) is 33.7 Å². The van der Waals surface area contributed by atoms with E-state index in [1.807, 2.05) is 30.3 Å². The Hall–Kier alpha value is -1.50. The Morgan fingerprint density at radius 3 is 2.45 bits per heavy atom. The normalized spacial score (nSPS) is 10.3. The molecule has 1 aromatic carbocycles. The number of rotatable bonds is 10. The van der Waals surface area contributed by atoms with Crippen molar-refractivity contribution in [2.75, 3.05) is 33.7 Å². The summed E-state index contributed by atoms with van der Waals surface area (Å²) in [5.41, 5.74) is 0.905. The van der Waals surface area contributed by atoms with Crippen molar-refractivity contribution in [3.05, 3.63) is 47.7 Å². The van der Waals surface area contributed by atoms with Crippen molar-refractivity contribution >= 4 is 0 Å². The van der Waals surface area contributed by atoms with Gasteiger partial charge in [-0.05, 0) is 5.56 Å². The number of hydrogen-bond donors (Lipinski definition) is 0. The first-order chi connectivity index (χ1) is 9.74. The monoisotopic (exact) mass is 288 g/mol. The molecule has 0 radical (unpaired) electrons. The van der Waals surface area contributed by atoms with E-state index in [-0.39, 0.29) is 26.6 Å². The Morgan fingerprint density at radius 1 is 1.05 bits per heavy atom. The summed E-state index contributed by atoms with van der Waals surface area (Å²) in [6.45, 7) is 0.342. The smallest absolute Gasteiger partial charge is 0.310 e. The molecule has 4 nitrogen and oxygen atoms in total. The van der Waals surface area contributed by atoms with Gasteiger partial charge in [0.05, 0.1) is 19.8 Å². The average molecular weight is 288 g/mol. The third-order valence-corrected chi connectivity index (χ3v) is 2.30. The topological polar surface area (TPSA) is 36.9 Å². The van der Waals surface area contributed by atoms with Crippen LogP contribution in [0.3, 0.4) is 0 Å². The van der Waals surface area contributed by atoms with Crippen LogP contribution in [0.15, 0.2) is 42.2 Å². The molecule has 0 bridgehead atoms. The molecule has 0 N–H and O–H groups in total. The van der Waals surface area contributed by atoms with Crippen LogP contribution in [-0.2, 0) is 25.6 Å². The van der Waals surface area contributed by atoms with Gasteiger partial charge in [0.1, 0.15) is 6.61 Å². The molecule has 20 heavy (non-hydrogen) atoms. The largest absolute Gasteiger partial charge is 0.464 e. The first-order valence-corrected chi connectivity index (χ1v) is 6.09. The standard InChI is InChI=1S/C14H18F2O4/c1-17-7-8-18-11-20-13(14(15)16)10-19-9-12-5-3-2-4-6-12/h2-6H,7-11H2,1H3. The Bertz CT molecular complexity index is 391. The molecule has 0 aromatic heterocycles. The highest BCUT2D eigenvalue weighted by atomic mass is 19.3. The van der Waals surface area contributed by atoms with Crippen LogP contribution < -0.4 is 0 Å². The van der Waals surface area contributed by atoms with Crippen molar-refractivity contribution in [2.24, 2.45) is 0 Å². The predicted molar refractivity (Wildman–Crippen MR) is 69.1 cm³/mol. The summed E-state index contributed by atoms with van der Waals surface area (Å²) in [5.74, 6) is -0.515. The summed E-state index contributed by atoms with van der Waals surface area (Å²) >= 11 is 0. The molecule has 0 fully saturated rings. The minimum atomic E-state index is -1.91. The lowest BCUT2D eigenvalue weighted by Gasteiger charge is -2.10. The Labute approximate surface area is 116 Å². The summed E-state index contributed by atoms with van der Waals surface area (Å²) in [6.07, 6.45) is -1.91. The van der Waals surface area contributed by atoms with Crippen molar-refractivity contribution in [2.45, 2.75) is 6.61 Å². The summed E-state index contributed by atoms with van der Waals surface area (Å²) in [7, 11) is 1.52. The van der Waals surface area contributed by atoms with Gasteiger partial charge < -0.3 is 18.9 Å². The van der Waals surface area contributed by atoms with E-state index < -0.39 is 11.8 Å². The quantitative estimate of drug-likeness (QED) is 0.377. The zero-order valence-electron chi connectivity index (χ0n) is 11.3. The second-order valence-corrected chi connectivity index (χ2v) is 3.83. The molecule has 0 aliphatic rings. The van der Waals surface area contributed by atoms with Crippen molar-refractivity contribution in [1.29, 1.82) is 0 Å². The molecular formula is C14H18F2O4. The van der Waals surface area contributed by atoms with Gasteiger partial charge in [0.2, 0.25) is 0 Å². The summed E-state index contributed by atoms with van der Waals surface area (Å²) in [5, 5.41) is 0. The third-order valence-electron chi connectivity index (χ3n) is 2.30. The number of ether oxygens (including phenoxy) is 4. The molecular weight excluding hydrogens is 270 g/mol. The molecule has 1 aromatic rings. The fraction of sp³-hybridized carbons (Fsp3) is 0.429. The highest BCUT2D eigenvalue weighted by Crippen LogP contribution is 2.11. The van der Waals surface area contributed by atoms with Gasteiger partial charge in [0.15, 0.2) is 12.6 Å². The second kappa shape index (κ2) is 10.3. The SMILES string of the molecule is COCCOCOC(COCc1ccccc1)=C(F)F. The average Bonchev–Trinajstić information content (AvgIpc) is 2.46. The van der Waals surface area contributed by atoms with E-state index in [0.29, 0.717) is 6.61 Å². The van der Waals surface area contributed by atoms with Crippen LogP contribution in [0.1, 0.15) is 5.56 Å². The third kappa shape index (κ3) is 7.18. The molecule has 0 aliphatic heterocycles. The minimum absolute atomic E-state index is 0.242. The lowest BCUT2D eigenvalue weighted by atomic mass is 10.2. The van der Waals surface area contributed by atoms with Gasteiger partial charge >= 0.3 is 6.08 Å². The van der Waals surface area contributed by atoms with Crippen molar-refractivity contribution < 1.29 is 27.7 Å². The zero-order valence-corrected chi connectivity index (χ0v) is 11.3. The maximum atomic E-state index is 12.6. The summed E-state index contributed by atoms with van der Waals surface area (Å²) < 4.78 is 44.9. The van der Waals surface area contributed by atoms with Gasteiger partial charge in [-0.25, -0.2) is 0 Å². The van der Waals surface area contributed by atoms with Crippen molar-refractivity contribution in [1.82, 2.24) is 0 Å². The lowest BCUT2D eigenvalue weighted by Crippen LogP contribution is -2.09. The van der Waals surface area contributed by atoms with Crippen LogP contribution in [0.4, 0.5) is 8.78 Å². The molecule has 6 heteroatoms. The van der Waals surface area contributed by atoms with Crippen molar-refractivity contribution in [3.63, 3.8) is 0 Å². The van der Waals surface area contributed by atoms with E-state index in [2.05, 4.69) is 0 Å². The fourth-order valence-electron chi connectivity index (χ4n) is 1.30. The predicted octanol–water partition coefficient (Wildman–Crippen LogP) is 2.95.